The molecule has 1 saturated carbocycles. The Labute approximate surface area is 258 Å². The van der Waals surface area contributed by atoms with E-state index in [0.717, 1.165) is 43.0 Å². The number of amides is 2. The molecule has 220 valence electrons. The van der Waals surface area contributed by atoms with E-state index in [1.54, 1.807) is 16.2 Å². The summed E-state index contributed by atoms with van der Waals surface area (Å²) in [6.07, 6.45) is 7.96. The summed E-state index contributed by atoms with van der Waals surface area (Å²) < 4.78 is 5.71. The summed E-state index contributed by atoms with van der Waals surface area (Å²) in [5.41, 5.74) is 1.89. The molecule has 4 atom stereocenters. The van der Waals surface area contributed by atoms with Crippen LogP contribution >= 0.6 is 22.9 Å². The number of hydrogen-bond donors (Lipinski definition) is 1. The minimum Gasteiger partial charge on any atom is -1.00 e. The van der Waals surface area contributed by atoms with Crippen LogP contribution in [0.5, 0.6) is 0 Å². The number of carbonyl (C=O) groups excluding carboxylic acids is 2. The van der Waals surface area contributed by atoms with Crippen LogP contribution in [0.4, 0.5) is 4.79 Å². The lowest BCUT2D eigenvalue weighted by molar-refractivity contribution is -0.640. The van der Waals surface area contributed by atoms with E-state index in [2.05, 4.69) is 45.5 Å². The Morgan fingerprint density at radius 3 is 2.60 bits per heavy atom. The maximum absolute atomic E-state index is 14.7. The standard InChI is InChI=1S/C29H37ClN4O3S.2ClH/c1-37-28(36)33-16-23-25(38-27(30)32-23)29(18-33)17-31-15-22(29)26(35)34-13-12-21(19-8-4-2-5-9-19)14-24(34)20-10-6-3-7-11-20;;/h2,4-5,8-9,20-22,24,31H,3,6-7,10-18H2,1H3;2*1H/t21-,22+,24+,29+;;/m1../s1. The molecule has 2 amide bonds. The molecule has 0 radical (unpaired) electrons. The molecule has 3 fully saturated rings. The van der Waals surface area contributed by atoms with E-state index in [1.165, 1.54) is 44.8 Å². The molecule has 7 nitrogen and oxygen atoms in total. The number of nitrogens with zero attached hydrogens (tertiary/aromatic N) is 2. The van der Waals surface area contributed by atoms with Crippen LogP contribution < -0.4 is 35.1 Å². The van der Waals surface area contributed by atoms with Gasteiger partial charge in [-0.05, 0) is 43.1 Å². The fraction of sp³-hybridized carbons (Fsp3) is 0.621. The van der Waals surface area contributed by atoms with Gasteiger partial charge in [0, 0.05) is 30.7 Å². The molecular formula is C29H39Cl3N4O3S. The van der Waals surface area contributed by atoms with Crippen molar-refractivity contribution in [3.63, 3.8) is 0 Å². The molecule has 0 unspecified atom stereocenters. The van der Waals surface area contributed by atoms with Crippen molar-refractivity contribution in [1.29, 1.82) is 0 Å². The third-order valence-electron chi connectivity index (χ3n) is 9.69. The van der Waals surface area contributed by atoms with Gasteiger partial charge in [-0.25, -0.2) is 4.79 Å². The number of nitrogens with one attached hydrogen (secondary N) is 1. The minimum atomic E-state index is -0.458. The first kappa shape index (κ1) is 31.4. The highest BCUT2D eigenvalue weighted by Crippen LogP contribution is 2.46. The van der Waals surface area contributed by atoms with Crippen LogP contribution in [-0.4, -0.2) is 61.1 Å². The maximum atomic E-state index is 14.7. The summed E-state index contributed by atoms with van der Waals surface area (Å²) in [7, 11) is 1.42. The largest absolute Gasteiger partial charge is 1.00 e. The van der Waals surface area contributed by atoms with E-state index < -0.39 is 5.41 Å². The first-order valence-electron chi connectivity index (χ1n) is 14.2. The summed E-state index contributed by atoms with van der Waals surface area (Å²) in [4.78, 5) is 35.8. The van der Waals surface area contributed by atoms with Gasteiger partial charge in [0.2, 0.25) is 11.6 Å². The predicted molar refractivity (Wildman–Crippen MR) is 146 cm³/mol. The van der Waals surface area contributed by atoms with Crippen molar-refractivity contribution in [2.45, 2.75) is 68.9 Å². The number of hydrogen-bond acceptors (Lipinski definition) is 4. The number of nitrogens with two attached hydrogens (primary N) is 1. The topological polar surface area (TPSA) is 80.6 Å². The Morgan fingerprint density at radius 2 is 1.88 bits per heavy atom. The number of halogens is 3. The number of benzene rings is 1. The van der Waals surface area contributed by atoms with Gasteiger partial charge in [0.1, 0.15) is 12.5 Å². The predicted octanol–water partition coefficient (Wildman–Crippen LogP) is -2.41. The number of quaternary nitrogens is 1. The second-order valence-corrected chi connectivity index (χ2v) is 13.3. The van der Waals surface area contributed by atoms with Crippen LogP contribution in [-0.2, 0) is 21.5 Å². The van der Waals surface area contributed by atoms with Gasteiger partial charge in [-0.15, -0.1) is 0 Å². The van der Waals surface area contributed by atoms with Crippen LogP contribution in [0.2, 0.25) is 4.47 Å². The maximum Gasteiger partial charge on any atom is 0.410 e. The molecule has 3 aliphatic heterocycles. The van der Waals surface area contributed by atoms with Crippen molar-refractivity contribution in [3.8, 4) is 0 Å². The van der Waals surface area contributed by atoms with Crippen molar-refractivity contribution in [2.24, 2.45) is 11.8 Å². The number of fused-ring (bicyclic) bond motifs is 2. The Bertz CT molecular complexity index is 1180. The van der Waals surface area contributed by atoms with Crippen LogP contribution in [0, 0.1) is 11.8 Å². The van der Waals surface area contributed by atoms with Crippen LogP contribution in [0.25, 0.3) is 0 Å². The minimum absolute atomic E-state index is 0. The lowest BCUT2D eigenvalue weighted by Gasteiger charge is -2.47. The summed E-state index contributed by atoms with van der Waals surface area (Å²) in [6, 6.07) is 11.1. The molecule has 6 rings (SSSR count). The smallest absolute Gasteiger partial charge is 0.410 e. The third-order valence-corrected chi connectivity index (χ3v) is 11.2. The SMILES string of the molecule is COC(=O)N1Cc2[nH+]c(Cl)sc2[C@@]2(C[NH2+]C[C@H]2C(=O)N2CC[C@@H](c3ccccc3)C[C@H]2C2CCCCC2)C1.[Cl-].[Cl-]. The van der Waals surface area contributed by atoms with Crippen LogP contribution in [0.15, 0.2) is 30.3 Å². The molecule has 3 N–H and O–H groups in total. The first-order valence-corrected chi connectivity index (χ1v) is 15.4. The van der Waals surface area contributed by atoms with Gasteiger partial charge in [0.05, 0.1) is 30.5 Å². The Hall–Kier alpha value is -1.58. The summed E-state index contributed by atoms with van der Waals surface area (Å²) in [6.45, 7) is 3.22. The Balaban J connectivity index is 0.00000185. The van der Waals surface area contributed by atoms with E-state index in [9.17, 15) is 9.59 Å². The van der Waals surface area contributed by atoms with E-state index >= 15 is 0 Å². The zero-order chi connectivity index (χ0) is 26.3. The lowest BCUT2D eigenvalue weighted by atomic mass is 9.71. The molecule has 4 heterocycles. The van der Waals surface area contributed by atoms with Gasteiger partial charge in [-0.2, -0.15) is 4.98 Å². The summed E-state index contributed by atoms with van der Waals surface area (Å²) in [5.74, 6) is 1.14. The van der Waals surface area contributed by atoms with Crippen molar-refractivity contribution in [3.05, 3.63) is 50.9 Å². The normalized spacial score (nSPS) is 28.4. The molecular weight excluding hydrogens is 591 g/mol. The third kappa shape index (κ3) is 5.71. The Kier molecular flexibility index (Phi) is 10.3. The molecule has 11 heteroatoms. The Morgan fingerprint density at radius 1 is 1.12 bits per heavy atom. The van der Waals surface area contributed by atoms with Gasteiger partial charge in [-0.1, -0.05) is 60.9 Å². The fourth-order valence-corrected chi connectivity index (χ4v) is 9.32. The van der Waals surface area contributed by atoms with Gasteiger partial charge in [0.25, 0.3) is 0 Å². The van der Waals surface area contributed by atoms with Crippen LogP contribution in [0.3, 0.4) is 0 Å². The fourth-order valence-electron chi connectivity index (χ4n) is 7.89. The van der Waals surface area contributed by atoms with Crippen molar-refractivity contribution in [1.82, 2.24) is 9.80 Å². The van der Waals surface area contributed by atoms with Gasteiger partial charge < -0.3 is 39.8 Å². The number of carbonyl (C=O) groups is 2. The highest BCUT2D eigenvalue weighted by molar-refractivity contribution is 7.15. The molecule has 2 aromatic rings. The molecule has 40 heavy (non-hydrogen) atoms. The average molecular weight is 630 g/mol. The number of methoxy groups -OCH3 is 1. The highest BCUT2D eigenvalue weighted by Gasteiger charge is 2.60. The second-order valence-electron chi connectivity index (χ2n) is 11.7. The van der Waals surface area contributed by atoms with Crippen molar-refractivity contribution < 1.29 is 49.4 Å². The molecule has 1 aliphatic carbocycles. The number of likely N-dealkylation sites (tertiary alicyclic amines) is 1. The first-order chi connectivity index (χ1) is 18.5. The number of ether oxygens (including phenoxy) is 1. The molecule has 0 bridgehead atoms. The number of piperidine rings is 1. The second kappa shape index (κ2) is 13.2. The molecule has 1 spiro atoms. The molecule has 1 aromatic carbocycles. The van der Waals surface area contributed by atoms with E-state index in [4.69, 9.17) is 16.3 Å². The number of H-pyrrole nitrogens is 1. The van der Waals surface area contributed by atoms with Crippen LogP contribution in [0.1, 0.15) is 67.0 Å². The molecule has 4 aliphatic rings. The number of thiazole rings is 1. The zero-order valence-electron chi connectivity index (χ0n) is 22.9. The highest BCUT2D eigenvalue weighted by atomic mass is 35.5. The van der Waals surface area contributed by atoms with Crippen molar-refractivity contribution >= 4 is 34.9 Å². The van der Waals surface area contributed by atoms with Crippen molar-refractivity contribution in [2.75, 3.05) is 33.3 Å². The average Bonchev–Trinajstić information content (AvgIpc) is 3.56. The number of aromatic amines is 1. The molecule has 2 saturated heterocycles. The van der Waals surface area contributed by atoms with Gasteiger partial charge >= 0.3 is 10.6 Å². The number of aromatic nitrogens is 1. The zero-order valence-corrected chi connectivity index (χ0v) is 26.0. The summed E-state index contributed by atoms with van der Waals surface area (Å²) in [5, 5.41) is 2.26. The van der Waals surface area contributed by atoms with Gasteiger partial charge in [0.15, 0.2) is 0 Å². The monoisotopic (exact) mass is 628 g/mol. The lowest BCUT2D eigenvalue weighted by Crippen LogP contribution is -3.00. The quantitative estimate of drug-likeness (QED) is 0.411. The summed E-state index contributed by atoms with van der Waals surface area (Å²) >= 11 is 8.01. The molecule has 1 aromatic heterocycles. The van der Waals surface area contributed by atoms with E-state index in [0.29, 0.717) is 29.4 Å². The van der Waals surface area contributed by atoms with E-state index in [-0.39, 0.29) is 48.8 Å². The van der Waals surface area contributed by atoms with E-state index in [1.807, 2.05) is 0 Å². The van der Waals surface area contributed by atoms with Gasteiger partial charge in [-0.3, -0.25) is 9.69 Å². The number of rotatable bonds is 3.